The van der Waals surface area contributed by atoms with Crippen molar-refractivity contribution >= 4 is 0 Å². The molecule has 0 radical (unpaired) electrons. The molecule has 1 aliphatic carbocycles. The van der Waals surface area contributed by atoms with Crippen molar-refractivity contribution in [2.45, 2.75) is 38.1 Å². The minimum atomic E-state index is 0.748. The summed E-state index contributed by atoms with van der Waals surface area (Å²) in [6, 6.07) is 0.750. The molecule has 0 saturated heterocycles. The summed E-state index contributed by atoms with van der Waals surface area (Å²) in [6.07, 6.45) is 7.94. The minimum Gasteiger partial charge on any atom is -0.314 e. The van der Waals surface area contributed by atoms with Gasteiger partial charge in [-0.2, -0.15) is 5.10 Å². The van der Waals surface area contributed by atoms with Crippen LogP contribution in [0.3, 0.4) is 0 Å². The van der Waals surface area contributed by atoms with Crippen molar-refractivity contribution in [3.8, 4) is 0 Å². The Balaban J connectivity index is 1.77. The molecule has 14 heavy (non-hydrogen) atoms. The molecule has 1 aromatic heterocycles. The van der Waals surface area contributed by atoms with Crippen LogP contribution in [0.5, 0.6) is 0 Å². The highest BCUT2D eigenvalue weighted by Gasteiger charge is 2.30. The fraction of sp³-hybridized carbons (Fsp3) is 0.727. The quantitative estimate of drug-likeness (QED) is 0.788. The lowest BCUT2D eigenvalue weighted by Crippen LogP contribution is -2.40. The van der Waals surface area contributed by atoms with E-state index in [1.165, 1.54) is 24.8 Å². The molecule has 0 bridgehead atoms. The number of aryl methyl sites for hydroxylation is 1. The van der Waals surface area contributed by atoms with Crippen molar-refractivity contribution in [2.24, 2.45) is 7.05 Å². The van der Waals surface area contributed by atoms with Crippen molar-refractivity contribution in [3.05, 3.63) is 18.0 Å². The number of hydrogen-bond acceptors (Lipinski definition) is 2. The largest absolute Gasteiger partial charge is 0.314 e. The Kier molecular flexibility index (Phi) is 2.87. The number of aromatic nitrogens is 2. The van der Waals surface area contributed by atoms with Crippen LogP contribution in [0.15, 0.2) is 12.4 Å². The first-order valence-electron chi connectivity index (χ1n) is 5.51. The zero-order chi connectivity index (χ0) is 9.97. The van der Waals surface area contributed by atoms with Crippen LogP contribution in [-0.4, -0.2) is 22.4 Å². The van der Waals surface area contributed by atoms with E-state index in [1.54, 1.807) is 0 Å². The molecule has 1 aliphatic rings. The molecule has 2 rings (SSSR count). The van der Waals surface area contributed by atoms with Gasteiger partial charge in [-0.3, -0.25) is 4.68 Å². The van der Waals surface area contributed by atoms with E-state index in [4.69, 9.17) is 0 Å². The van der Waals surface area contributed by atoms with Crippen molar-refractivity contribution in [2.75, 3.05) is 6.54 Å². The summed E-state index contributed by atoms with van der Waals surface area (Å²) in [5, 5.41) is 7.75. The molecule has 0 unspecified atom stereocenters. The molecule has 1 heterocycles. The van der Waals surface area contributed by atoms with Crippen LogP contribution in [0.1, 0.15) is 37.7 Å². The molecule has 78 valence electrons. The Hall–Kier alpha value is -0.830. The SMILES string of the molecule is CCCNC1CC(c2cnn(C)c2)C1. The Bertz CT molecular complexity index is 286. The highest BCUT2D eigenvalue weighted by Crippen LogP contribution is 2.36. The van der Waals surface area contributed by atoms with Gasteiger partial charge in [0.15, 0.2) is 0 Å². The summed E-state index contributed by atoms with van der Waals surface area (Å²) in [4.78, 5) is 0. The summed E-state index contributed by atoms with van der Waals surface area (Å²) in [7, 11) is 1.98. The van der Waals surface area contributed by atoms with Gasteiger partial charge >= 0.3 is 0 Å². The highest BCUT2D eigenvalue weighted by atomic mass is 15.2. The maximum absolute atomic E-state index is 4.20. The van der Waals surface area contributed by atoms with Crippen molar-refractivity contribution in [1.82, 2.24) is 15.1 Å². The standard InChI is InChI=1S/C11H19N3/c1-3-4-12-11-5-9(6-11)10-7-13-14(2)8-10/h7-9,11-12H,3-6H2,1-2H3. The van der Waals surface area contributed by atoms with Gasteiger partial charge in [-0.25, -0.2) is 0 Å². The highest BCUT2D eigenvalue weighted by molar-refractivity contribution is 5.16. The van der Waals surface area contributed by atoms with Crippen LogP contribution in [0, 0.1) is 0 Å². The Morgan fingerprint density at radius 2 is 2.36 bits per heavy atom. The average molecular weight is 193 g/mol. The molecule has 3 nitrogen and oxygen atoms in total. The van der Waals surface area contributed by atoms with Crippen LogP contribution in [0.4, 0.5) is 0 Å². The molecule has 1 saturated carbocycles. The van der Waals surface area contributed by atoms with Gasteiger partial charge in [0.05, 0.1) is 6.20 Å². The first kappa shape index (κ1) is 9.71. The summed E-state index contributed by atoms with van der Waals surface area (Å²) >= 11 is 0. The third-order valence-corrected chi connectivity index (χ3v) is 3.02. The Morgan fingerprint density at radius 1 is 1.57 bits per heavy atom. The van der Waals surface area contributed by atoms with Crippen LogP contribution in [0.2, 0.25) is 0 Å². The fourth-order valence-electron chi connectivity index (χ4n) is 2.06. The normalized spacial score (nSPS) is 26.1. The third kappa shape index (κ3) is 1.98. The van der Waals surface area contributed by atoms with Gasteiger partial charge in [0.25, 0.3) is 0 Å². The van der Waals surface area contributed by atoms with Crippen LogP contribution < -0.4 is 5.32 Å². The van der Waals surface area contributed by atoms with Gasteiger partial charge in [-0.1, -0.05) is 6.92 Å². The van der Waals surface area contributed by atoms with Gasteiger partial charge in [0.1, 0.15) is 0 Å². The maximum Gasteiger partial charge on any atom is 0.0524 e. The van der Waals surface area contributed by atoms with E-state index in [0.717, 1.165) is 18.5 Å². The van der Waals surface area contributed by atoms with Crippen LogP contribution in [0.25, 0.3) is 0 Å². The monoisotopic (exact) mass is 193 g/mol. The molecular weight excluding hydrogens is 174 g/mol. The van der Waals surface area contributed by atoms with Gasteiger partial charge in [0.2, 0.25) is 0 Å². The first-order valence-corrected chi connectivity index (χ1v) is 5.51. The van der Waals surface area contributed by atoms with Gasteiger partial charge in [0, 0.05) is 19.3 Å². The lowest BCUT2D eigenvalue weighted by atomic mass is 9.77. The summed E-state index contributed by atoms with van der Waals surface area (Å²) < 4.78 is 1.89. The second kappa shape index (κ2) is 4.13. The molecule has 3 heteroatoms. The third-order valence-electron chi connectivity index (χ3n) is 3.02. The Labute approximate surface area is 85.5 Å². The summed E-state index contributed by atoms with van der Waals surface area (Å²) in [6.45, 7) is 3.37. The fourth-order valence-corrected chi connectivity index (χ4v) is 2.06. The zero-order valence-electron chi connectivity index (χ0n) is 9.03. The van der Waals surface area contributed by atoms with E-state index in [0.29, 0.717) is 0 Å². The minimum absolute atomic E-state index is 0.748. The van der Waals surface area contributed by atoms with Gasteiger partial charge in [-0.15, -0.1) is 0 Å². The lowest BCUT2D eigenvalue weighted by molar-refractivity contribution is 0.292. The van der Waals surface area contributed by atoms with E-state index in [-0.39, 0.29) is 0 Å². The molecule has 0 aliphatic heterocycles. The predicted octanol–water partition coefficient (Wildman–Crippen LogP) is 1.67. The molecule has 0 spiro atoms. The Morgan fingerprint density at radius 3 is 2.93 bits per heavy atom. The smallest absolute Gasteiger partial charge is 0.0524 e. The molecule has 1 N–H and O–H groups in total. The van der Waals surface area contributed by atoms with E-state index in [2.05, 4.69) is 23.5 Å². The average Bonchev–Trinajstić information content (AvgIpc) is 2.49. The van der Waals surface area contributed by atoms with Crippen LogP contribution in [-0.2, 0) is 7.05 Å². The molecule has 0 amide bonds. The molecular formula is C11H19N3. The number of rotatable bonds is 4. The van der Waals surface area contributed by atoms with Crippen molar-refractivity contribution in [1.29, 1.82) is 0 Å². The molecule has 1 aromatic rings. The van der Waals surface area contributed by atoms with Crippen molar-refractivity contribution in [3.63, 3.8) is 0 Å². The number of nitrogens with one attached hydrogen (secondary N) is 1. The molecule has 0 aromatic carbocycles. The number of nitrogens with zero attached hydrogens (tertiary/aromatic N) is 2. The topological polar surface area (TPSA) is 29.9 Å². The van der Waals surface area contributed by atoms with Crippen LogP contribution >= 0.6 is 0 Å². The lowest BCUT2D eigenvalue weighted by Gasteiger charge is -2.35. The first-order chi connectivity index (χ1) is 6.79. The molecule has 0 atom stereocenters. The van der Waals surface area contributed by atoms with Gasteiger partial charge < -0.3 is 5.32 Å². The van der Waals surface area contributed by atoms with E-state index in [9.17, 15) is 0 Å². The second-order valence-electron chi connectivity index (χ2n) is 4.27. The maximum atomic E-state index is 4.20. The van der Waals surface area contributed by atoms with E-state index >= 15 is 0 Å². The predicted molar refractivity (Wildman–Crippen MR) is 57.3 cm³/mol. The zero-order valence-corrected chi connectivity index (χ0v) is 9.03. The molecule has 1 fully saturated rings. The van der Waals surface area contributed by atoms with Gasteiger partial charge in [-0.05, 0) is 37.3 Å². The van der Waals surface area contributed by atoms with E-state index < -0.39 is 0 Å². The summed E-state index contributed by atoms with van der Waals surface area (Å²) in [5.41, 5.74) is 1.40. The van der Waals surface area contributed by atoms with E-state index in [1.807, 2.05) is 17.9 Å². The second-order valence-corrected chi connectivity index (χ2v) is 4.27. The number of hydrogen-bond donors (Lipinski definition) is 1. The summed E-state index contributed by atoms with van der Waals surface area (Å²) in [5.74, 6) is 0.748. The van der Waals surface area contributed by atoms with Crippen molar-refractivity contribution < 1.29 is 0 Å².